The van der Waals surface area contributed by atoms with Gasteiger partial charge in [0.1, 0.15) is 5.75 Å². The molecule has 0 heterocycles. The van der Waals surface area contributed by atoms with Crippen molar-refractivity contribution < 1.29 is 4.74 Å². The molecule has 28 heavy (non-hydrogen) atoms. The number of hydrogen-bond donors (Lipinski definition) is 0. The van der Waals surface area contributed by atoms with Gasteiger partial charge in [0.05, 0.1) is 6.61 Å². The molecule has 0 saturated heterocycles. The van der Waals surface area contributed by atoms with E-state index in [2.05, 4.69) is 98.8 Å². The third kappa shape index (κ3) is 5.73. The van der Waals surface area contributed by atoms with Crippen molar-refractivity contribution in [3.05, 3.63) is 102 Å². The molecule has 3 rings (SSSR count). The van der Waals surface area contributed by atoms with Crippen LogP contribution in [0, 0.1) is 5.92 Å². The highest BCUT2D eigenvalue weighted by Gasteiger charge is 2.20. The Labute approximate surface area is 170 Å². The van der Waals surface area contributed by atoms with Gasteiger partial charge in [-0.05, 0) is 53.9 Å². The molecule has 0 saturated carbocycles. The fraction of sp³-hybridized carbons (Fsp3) is 0.333. The quantitative estimate of drug-likeness (QED) is 0.370. The summed E-state index contributed by atoms with van der Waals surface area (Å²) in [5.74, 6) is 2.09. The highest BCUT2D eigenvalue weighted by atomic mass is 16.5. The first-order valence-electron chi connectivity index (χ1n) is 10.6. The molecule has 0 spiro atoms. The lowest BCUT2D eigenvalue weighted by molar-refractivity contribution is 0.266. The molecule has 0 aliphatic heterocycles. The Bertz CT molecular complexity index is 810. The van der Waals surface area contributed by atoms with Crippen LogP contribution in [0.4, 0.5) is 0 Å². The summed E-state index contributed by atoms with van der Waals surface area (Å²) in [6.45, 7) is 5.34. The first-order valence-corrected chi connectivity index (χ1v) is 10.6. The molecule has 0 bridgehead atoms. The largest absolute Gasteiger partial charge is 0.493 e. The summed E-state index contributed by atoms with van der Waals surface area (Å²) >= 11 is 0. The van der Waals surface area contributed by atoms with Gasteiger partial charge in [-0.25, -0.2) is 0 Å². The molecule has 0 aromatic heterocycles. The maximum absolute atomic E-state index is 6.20. The average molecular weight is 373 g/mol. The first-order chi connectivity index (χ1) is 13.8. The number of ether oxygens (including phenoxy) is 1. The predicted octanol–water partition coefficient (Wildman–Crippen LogP) is 7.07. The van der Waals surface area contributed by atoms with E-state index >= 15 is 0 Å². The van der Waals surface area contributed by atoms with Gasteiger partial charge in [0.2, 0.25) is 0 Å². The van der Waals surface area contributed by atoms with Crippen LogP contribution >= 0.6 is 0 Å². The van der Waals surface area contributed by atoms with E-state index in [-0.39, 0.29) is 0 Å². The molecule has 2 atom stereocenters. The van der Waals surface area contributed by atoms with E-state index in [1.807, 2.05) is 0 Å². The van der Waals surface area contributed by atoms with Crippen LogP contribution < -0.4 is 4.74 Å². The lowest BCUT2D eigenvalue weighted by atomic mass is 9.81. The van der Waals surface area contributed by atoms with Crippen LogP contribution in [0.1, 0.15) is 49.3 Å². The number of aryl methyl sites for hydroxylation is 1. The van der Waals surface area contributed by atoms with Gasteiger partial charge in [0, 0.05) is 0 Å². The van der Waals surface area contributed by atoms with Crippen molar-refractivity contribution in [1.29, 1.82) is 0 Å². The Hall–Kier alpha value is -2.54. The molecule has 0 radical (unpaired) electrons. The van der Waals surface area contributed by atoms with E-state index in [1.54, 1.807) is 0 Å². The third-order valence-corrected chi connectivity index (χ3v) is 5.54. The number of hydrogen-bond acceptors (Lipinski definition) is 1. The molecular weight excluding hydrogens is 340 g/mol. The number of benzene rings is 3. The minimum atomic E-state index is 0.498. The van der Waals surface area contributed by atoms with Crippen molar-refractivity contribution in [3.63, 3.8) is 0 Å². The molecule has 0 amide bonds. The van der Waals surface area contributed by atoms with E-state index < -0.39 is 0 Å². The maximum Gasteiger partial charge on any atom is 0.122 e. The smallest absolute Gasteiger partial charge is 0.122 e. The van der Waals surface area contributed by atoms with E-state index in [0.717, 1.165) is 38.0 Å². The van der Waals surface area contributed by atoms with Gasteiger partial charge in [-0.2, -0.15) is 0 Å². The lowest BCUT2D eigenvalue weighted by Gasteiger charge is -2.25. The van der Waals surface area contributed by atoms with Gasteiger partial charge in [-0.1, -0.05) is 99.1 Å². The Morgan fingerprint density at radius 2 is 1.43 bits per heavy atom. The summed E-state index contributed by atoms with van der Waals surface area (Å²) in [6, 6.07) is 30.2. The maximum atomic E-state index is 6.20. The molecule has 1 nitrogen and oxygen atoms in total. The molecular formula is C27H32O. The summed E-state index contributed by atoms with van der Waals surface area (Å²) in [5.41, 5.74) is 4.14. The highest BCUT2D eigenvalue weighted by Crippen LogP contribution is 2.31. The second-order valence-electron chi connectivity index (χ2n) is 7.68. The van der Waals surface area contributed by atoms with Crippen LogP contribution in [0.5, 0.6) is 5.75 Å². The van der Waals surface area contributed by atoms with Gasteiger partial charge in [-0.3, -0.25) is 0 Å². The molecule has 3 aromatic rings. The van der Waals surface area contributed by atoms with Crippen LogP contribution in [0.25, 0.3) is 0 Å². The average Bonchev–Trinajstić information content (AvgIpc) is 2.75. The van der Waals surface area contributed by atoms with Gasteiger partial charge in [0.15, 0.2) is 0 Å². The monoisotopic (exact) mass is 372 g/mol. The zero-order valence-electron chi connectivity index (χ0n) is 17.2. The fourth-order valence-electron chi connectivity index (χ4n) is 3.89. The number of rotatable bonds is 10. The summed E-state index contributed by atoms with van der Waals surface area (Å²) in [5, 5.41) is 0. The minimum absolute atomic E-state index is 0.498. The number of para-hydroxylation sites is 1. The fourth-order valence-corrected chi connectivity index (χ4v) is 3.89. The Morgan fingerprint density at radius 1 is 0.786 bits per heavy atom. The molecule has 2 unspecified atom stereocenters. The van der Waals surface area contributed by atoms with E-state index in [1.165, 1.54) is 16.7 Å². The van der Waals surface area contributed by atoms with E-state index in [0.29, 0.717) is 11.8 Å². The summed E-state index contributed by atoms with van der Waals surface area (Å²) in [6.07, 6.45) is 4.33. The van der Waals surface area contributed by atoms with Crippen LogP contribution in [-0.4, -0.2) is 6.61 Å². The van der Waals surface area contributed by atoms with Gasteiger partial charge in [-0.15, -0.1) is 0 Å². The summed E-state index contributed by atoms with van der Waals surface area (Å²) in [7, 11) is 0. The van der Waals surface area contributed by atoms with Crippen LogP contribution in [-0.2, 0) is 12.8 Å². The van der Waals surface area contributed by atoms with Gasteiger partial charge in [0.25, 0.3) is 0 Å². The molecule has 0 aliphatic carbocycles. The lowest BCUT2D eigenvalue weighted by Crippen LogP contribution is -2.16. The van der Waals surface area contributed by atoms with Crippen molar-refractivity contribution in [2.45, 2.75) is 45.4 Å². The Kier molecular flexibility index (Phi) is 7.72. The molecule has 0 fully saturated rings. The molecule has 0 N–H and O–H groups in total. The third-order valence-electron chi connectivity index (χ3n) is 5.54. The Morgan fingerprint density at radius 3 is 2.14 bits per heavy atom. The standard InChI is InChI=1S/C27H32O/c1-3-12-25-17-10-11-18-27(25)28-20-19-22(2)26(24-15-8-5-9-16-24)21-23-13-6-4-7-14-23/h4-11,13-18,22,26H,3,12,19-21H2,1-2H3. The Balaban J connectivity index is 1.65. The van der Waals surface area contributed by atoms with Crippen molar-refractivity contribution in [3.8, 4) is 5.75 Å². The molecule has 1 heteroatoms. The summed E-state index contributed by atoms with van der Waals surface area (Å²) < 4.78 is 6.20. The van der Waals surface area contributed by atoms with Crippen molar-refractivity contribution in [2.24, 2.45) is 5.92 Å². The highest BCUT2D eigenvalue weighted by molar-refractivity contribution is 5.33. The topological polar surface area (TPSA) is 9.23 Å². The zero-order valence-corrected chi connectivity index (χ0v) is 17.2. The molecule has 3 aromatic carbocycles. The normalized spacial score (nSPS) is 13.1. The van der Waals surface area contributed by atoms with Crippen molar-refractivity contribution in [1.82, 2.24) is 0 Å². The van der Waals surface area contributed by atoms with Gasteiger partial charge >= 0.3 is 0 Å². The van der Waals surface area contributed by atoms with Crippen LogP contribution in [0.2, 0.25) is 0 Å². The SMILES string of the molecule is CCCc1ccccc1OCCC(C)C(Cc1ccccc1)c1ccccc1. The van der Waals surface area contributed by atoms with Crippen LogP contribution in [0.15, 0.2) is 84.9 Å². The summed E-state index contributed by atoms with van der Waals surface area (Å²) in [4.78, 5) is 0. The van der Waals surface area contributed by atoms with Gasteiger partial charge < -0.3 is 4.74 Å². The van der Waals surface area contributed by atoms with E-state index in [4.69, 9.17) is 4.74 Å². The van der Waals surface area contributed by atoms with Crippen molar-refractivity contribution >= 4 is 0 Å². The van der Waals surface area contributed by atoms with Crippen molar-refractivity contribution in [2.75, 3.05) is 6.61 Å². The molecule has 146 valence electrons. The first kappa shape index (κ1) is 20.2. The van der Waals surface area contributed by atoms with E-state index in [9.17, 15) is 0 Å². The predicted molar refractivity (Wildman–Crippen MR) is 119 cm³/mol. The second kappa shape index (κ2) is 10.7. The van der Waals surface area contributed by atoms with Crippen LogP contribution in [0.3, 0.4) is 0 Å². The molecule has 0 aliphatic rings. The second-order valence-corrected chi connectivity index (χ2v) is 7.68. The minimum Gasteiger partial charge on any atom is -0.493 e. The zero-order chi connectivity index (χ0) is 19.6.